The van der Waals surface area contributed by atoms with E-state index in [0.717, 1.165) is 33.2 Å². The molecular formula is C26H19F2NO2. The van der Waals surface area contributed by atoms with Crippen LogP contribution in [-0.2, 0) is 11.2 Å². The molecule has 154 valence electrons. The number of carbonyl (C=O) groups excluding carboxylic acids is 1. The predicted molar refractivity (Wildman–Crippen MR) is 116 cm³/mol. The van der Waals surface area contributed by atoms with Crippen LogP contribution < -0.4 is 0 Å². The fraction of sp³-hybridized carbons (Fsp3) is 0.115. The third-order valence-electron chi connectivity index (χ3n) is 5.88. The van der Waals surface area contributed by atoms with Crippen molar-refractivity contribution in [2.75, 3.05) is 7.11 Å². The van der Waals surface area contributed by atoms with Gasteiger partial charge in [-0.2, -0.15) is 0 Å². The Morgan fingerprint density at radius 2 is 1.74 bits per heavy atom. The van der Waals surface area contributed by atoms with Gasteiger partial charge in [-0.1, -0.05) is 24.3 Å². The molecule has 0 saturated heterocycles. The number of halogens is 2. The maximum Gasteiger partial charge on any atom is 0.337 e. The van der Waals surface area contributed by atoms with E-state index < -0.39 is 5.97 Å². The van der Waals surface area contributed by atoms with Crippen LogP contribution in [0.3, 0.4) is 0 Å². The Morgan fingerprint density at radius 3 is 2.52 bits per heavy atom. The molecule has 0 aliphatic heterocycles. The molecule has 1 N–H and O–H groups in total. The number of benzene rings is 3. The SMILES string of the molecule is COC(=O)c1ccc(C(C2=CCc3cc(F)ccc32)c2c[nH]c3cc(F)ccc23)cc1. The number of aromatic amines is 1. The monoisotopic (exact) mass is 415 g/mol. The average molecular weight is 415 g/mol. The molecule has 3 aromatic carbocycles. The maximum absolute atomic E-state index is 13.8. The van der Waals surface area contributed by atoms with Crippen LogP contribution in [-0.4, -0.2) is 18.1 Å². The summed E-state index contributed by atoms with van der Waals surface area (Å²) < 4.78 is 32.3. The highest BCUT2D eigenvalue weighted by Crippen LogP contribution is 2.44. The van der Waals surface area contributed by atoms with Crippen molar-refractivity contribution in [3.8, 4) is 0 Å². The number of H-pyrrole nitrogens is 1. The fourth-order valence-corrected chi connectivity index (χ4v) is 4.43. The summed E-state index contributed by atoms with van der Waals surface area (Å²) in [5.74, 6) is -1.13. The van der Waals surface area contributed by atoms with Gasteiger partial charge in [0.15, 0.2) is 0 Å². The van der Waals surface area contributed by atoms with E-state index in [-0.39, 0.29) is 17.6 Å². The van der Waals surface area contributed by atoms with E-state index in [4.69, 9.17) is 4.74 Å². The van der Waals surface area contributed by atoms with Gasteiger partial charge in [-0.15, -0.1) is 0 Å². The smallest absolute Gasteiger partial charge is 0.337 e. The van der Waals surface area contributed by atoms with Crippen molar-refractivity contribution in [2.24, 2.45) is 0 Å². The van der Waals surface area contributed by atoms with Crippen LogP contribution in [0.4, 0.5) is 8.78 Å². The van der Waals surface area contributed by atoms with Gasteiger partial charge in [-0.3, -0.25) is 0 Å². The van der Waals surface area contributed by atoms with Gasteiger partial charge in [0, 0.05) is 23.0 Å². The number of nitrogens with one attached hydrogen (secondary N) is 1. The summed E-state index contributed by atoms with van der Waals surface area (Å²) in [7, 11) is 1.35. The van der Waals surface area contributed by atoms with E-state index in [9.17, 15) is 13.6 Å². The van der Waals surface area contributed by atoms with Crippen molar-refractivity contribution in [1.82, 2.24) is 4.98 Å². The Hall–Kier alpha value is -3.73. The summed E-state index contributed by atoms with van der Waals surface area (Å²) >= 11 is 0. The minimum absolute atomic E-state index is 0.169. The van der Waals surface area contributed by atoms with Gasteiger partial charge in [0.1, 0.15) is 11.6 Å². The Morgan fingerprint density at radius 1 is 1.00 bits per heavy atom. The topological polar surface area (TPSA) is 42.1 Å². The number of aromatic nitrogens is 1. The van der Waals surface area contributed by atoms with Crippen LogP contribution in [0.5, 0.6) is 0 Å². The fourth-order valence-electron chi connectivity index (χ4n) is 4.43. The molecule has 0 bridgehead atoms. The lowest BCUT2D eigenvalue weighted by Gasteiger charge is -2.21. The molecule has 4 aromatic rings. The van der Waals surface area contributed by atoms with Gasteiger partial charge >= 0.3 is 5.97 Å². The Bertz CT molecular complexity index is 1340. The van der Waals surface area contributed by atoms with Crippen LogP contribution in [0.15, 0.2) is 72.9 Å². The maximum atomic E-state index is 13.8. The van der Waals surface area contributed by atoms with Gasteiger partial charge in [0.2, 0.25) is 0 Å². The van der Waals surface area contributed by atoms with E-state index >= 15 is 0 Å². The third-order valence-corrected chi connectivity index (χ3v) is 5.88. The average Bonchev–Trinajstić information content (AvgIpc) is 3.38. The first kappa shape index (κ1) is 19.2. The van der Waals surface area contributed by atoms with Gasteiger partial charge in [0.25, 0.3) is 0 Å². The highest BCUT2D eigenvalue weighted by atomic mass is 19.1. The molecule has 0 saturated carbocycles. The van der Waals surface area contributed by atoms with E-state index in [0.29, 0.717) is 17.5 Å². The summed E-state index contributed by atoms with van der Waals surface area (Å²) in [5.41, 5.74) is 6.14. The molecule has 1 aliphatic rings. The van der Waals surface area contributed by atoms with Gasteiger partial charge in [-0.05, 0) is 76.7 Å². The number of rotatable bonds is 4. The molecule has 0 radical (unpaired) electrons. The van der Waals surface area contributed by atoms with Gasteiger partial charge in [0.05, 0.1) is 12.7 Å². The molecule has 0 fully saturated rings. The van der Waals surface area contributed by atoms with Crippen LogP contribution in [0.1, 0.15) is 38.5 Å². The summed E-state index contributed by atoms with van der Waals surface area (Å²) in [6.45, 7) is 0. The molecule has 31 heavy (non-hydrogen) atoms. The number of hydrogen-bond acceptors (Lipinski definition) is 2. The van der Waals surface area contributed by atoms with Crippen molar-refractivity contribution < 1.29 is 18.3 Å². The van der Waals surface area contributed by atoms with Crippen molar-refractivity contribution in [3.05, 3.63) is 112 Å². The summed E-state index contributed by atoms with van der Waals surface area (Å²) in [4.78, 5) is 15.0. The quantitative estimate of drug-likeness (QED) is 0.415. The summed E-state index contributed by atoms with van der Waals surface area (Å²) in [6.07, 6.45) is 4.66. The lowest BCUT2D eigenvalue weighted by molar-refractivity contribution is 0.0600. The van der Waals surface area contributed by atoms with Crippen LogP contribution >= 0.6 is 0 Å². The molecule has 0 spiro atoms. The molecule has 1 unspecified atom stereocenters. The molecular weight excluding hydrogens is 396 g/mol. The number of methoxy groups -OCH3 is 1. The highest BCUT2D eigenvalue weighted by molar-refractivity contribution is 5.91. The van der Waals surface area contributed by atoms with Gasteiger partial charge in [-0.25, -0.2) is 13.6 Å². The zero-order valence-corrected chi connectivity index (χ0v) is 16.8. The van der Waals surface area contributed by atoms with Crippen molar-refractivity contribution in [2.45, 2.75) is 12.3 Å². The third kappa shape index (κ3) is 3.32. The molecule has 3 nitrogen and oxygen atoms in total. The normalized spacial score (nSPS) is 13.7. The zero-order chi connectivity index (χ0) is 21.5. The summed E-state index contributed by atoms with van der Waals surface area (Å²) in [5, 5.41) is 0.917. The number of hydrogen-bond donors (Lipinski definition) is 1. The Labute approximate surface area is 178 Å². The second-order valence-corrected chi connectivity index (χ2v) is 7.65. The number of fused-ring (bicyclic) bond motifs is 2. The molecule has 1 atom stereocenters. The van der Waals surface area contributed by atoms with E-state index in [2.05, 4.69) is 11.1 Å². The number of esters is 1. The predicted octanol–water partition coefficient (Wildman–Crippen LogP) is 6.00. The van der Waals surface area contributed by atoms with Crippen LogP contribution in [0, 0.1) is 11.6 Å². The molecule has 0 amide bonds. The van der Waals surface area contributed by atoms with E-state index in [1.807, 2.05) is 24.4 Å². The molecule has 1 aliphatic carbocycles. The second-order valence-electron chi connectivity index (χ2n) is 7.65. The first-order valence-electron chi connectivity index (χ1n) is 9.99. The first-order chi connectivity index (χ1) is 15.0. The molecule has 1 aromatic heterocycles. The molecule has 5 rings (SSSR count). The minimum atomic E-state index is -0.397. The lowest BCUT2D eigenvalue weighted by atomic mass is 9.82. The van der Waals surface area contributed by atoms with Crippen molar-refractivity contribution in [3.63, 3.8) is 0 Å². The standard InChI is InChI=1S/C26H19F2NO2/c1-31-26(30)16-4-2-15(3-5-16)25(22-9-6-17-12-18(27)7-10-20(17)22)23-14-29-24-13-19(28)8-11-21(23)24/h2-5,7-14,25,29H,6H2,1H3. The Kier molecular flexibility index (Phi) is 4.66. The second kappa shape index (κ2) is 7.51. The molecule has 5 heteroatoms. The van der Waals surface area contributed by atoms with E-state index in [1.165, 1.54) is 25.3 Å². The van der Waals surface area contributed by atoms with E-state index in [1.54, 1.807) is 24.3 Å². The summed E-state index contributed by atoms with van der Waals surface area (Å²) in [6, 6.07) is 16.8. The van der Waals surface area contributed by atoms with Crippen LogP contribution in [0.2, 0.25) is 0 Å². The zero-order valence-electron chi connectivity index (χ0n) is 16.8. The molecule has 1 heterocycles. The number of allylic oxidation sites excluding steroid dienone is 2. The first-order valence-corrected chi connectivity index (χ1v) is 9.99. The van der Waals surface area contributed by atoms with Crippen LogP contribution in [0.25, 0.3) is 16.5 Å². The lowest BCUT2D eigenvalue weighted by Crippen LogP contribution is -2.05. The van der Waals surface area contributed by atoms with Crippen molar-refractivity contribution in [1.29, 1.82) is 0 Å². The number of ether oxygens (including phenoxy) is 1. The van der Waals surface area contributed by atoms with Gasteiger partial charge < -0.3 is 9.72 Å². The highest BCUT2D eigenvalue weighted by Gasteiger charge is 2.27. The van der Waals surface area contributed by atoms with Crippen molar-refractivity contribution >= 4 is 22.4 Å². The largest absolute Gasteiger partial charge is 0.465 e. The minimum Gasteiger partial charge on any atom is -0.465 e. The number of carbonyl (C=O) groups is 1. The Balaban J connectivity index is 1.67.